The molecular formula is C16H22O2. The zero-order valence-corrected chi connectivity index (χ0v) is 11.6. The van der Waals surface area contributed by atoms with Gasteiger partial charge in [-0.3, -0.25) is 4.79 Å². The first-order chi connectivity index (χ1) is 8.46. The Morgan fingerprint density at radius 1 is 1.22 bits per heavy atom. The largest absolute Gasteiger partial charge is 0.370 e. The second-order valence-electron chi connectivity index (χ2n) is 7.25. The van der Waals surface area contributed by atoms with E-state index in [2.05, 4.69) is 19.9 Å². The van der Waals surface area contributed by atoms with E-state index < -0.39 is 5.60 Å². The first-order valence-corrected chi connectivity index (χ1v) is 7.27. The van der Waals surface area contributed by atoms with Gasteiger partial charge < -0.3 is 4.74 Å². The third-order valence-corrected chi connectivity index (χ3v) is 7.20. The fourth-order valence-corrected chi connectivity index (χ4v) is 6.44. The highest BCUT2D eigenvalue weighted by atomic mass is 16.5. The Balaban J connectivity index is 2.02. The van der Waals surface area contributed by atoms with Crippen LogP contribution in [0.1, 0.15) is 52.4 Å². The molecule has 2 nitrogen and oxygen atoms in total. The van der Waals surface area contributed by atoms with Gasteiger partial charge >= 0.3 is 0 Å². The molecule has 4 atom stereocenters. The zero-order chi connectivity index (χ0) is 12.8. The molecule has 0 saturated heterocycles. The molecular weight excluding hydrogens is 224 g/mol. The lowest BCUT2D eigenvalue weighted by molar-refractivity contribution is -0.203. The van der Waals surface area contributed by atoms with Crippen LogP contribution in [0.5, 0.6) is 0 Å². The van der Waals surface area contributed by atoms with E-state index in [0.29, 0.717) is 5.78 Å². The van der Waals surface area contributed by atoms with Gasteiger partial charge in [0.15, 0.2) is 5.78 Å². The first kappa shape index (κ1) is 11.2. The molecule has 1 spiro atoms. The van der Waals surface area contributed by atoms with Crippen molar-refractivity contribution in [3.63, 3.8) is 0 Å². The summed E-state index contributed by atoms with van der Waals surface area (Å²) in [6, 6.07) is 0. The van der Waals surface area contributed by atoms with Crippen LogP contribution in [0.25, 0.3) is 0 Å². The molecule has 0 N–H and O–H groups in total. The Labute approximate surface area is 109 Å². The normalized spacial score (nSPS) is 56.8. The summed E-state index contributed by atoms with van der Waals surface area (Å²) in [6.07, 6.45) is 9.18. The number of hydrogen-bond donors (Lipinski definition) is 0. The van der Waals surface area contributed by atoms with Crippen molar-refractivity contribution in [3.05, 3.63) is 11.6 Å². The zero-order valence-electron chi connectivity index (χ0n) is 11.6. The number of fused-ring (bicyclic) bond motifs is 1. The smallest absolute Gasteiger partial charge is 0.174 e. The van der Waals surface area contributed by atoms with Crippen LogP contribution in [-0.4, -0.2) is 18.5 Å². The van der Waals surface area contributed by atoms with Gasteiger partial charge in [-0.05, 0) is 51.4 Å². The predicted molar refractivity (Wildman–Crippen MR) is 69.2 cm³/mol. The molecule has 0 radical (unpaired) electrons. The molecule has 5 rings (SSSR count). The summed E-state index contributed by atoms with van der Waals surface area (Å²) < 4.78 is 5.79. The predicted octanol–water partition coefficient (Wildman–Crippen LogP) is 3.26. The molecule has 2 heteroatoms. The van der Waals surface area contributed by atoms with Crippen molar-refractivity contribution < 1.29 is 9.53 Å². The fourth-order valence-electron chi connectivity index (χ4n) is 6.44. The van der Waals surface area contributed by atoms with Crippen molar-refractivity contribution in [1.82, 2.24) is 0 Å². The van der Waals surface area contributed by atoms with E-state index in [1.165, 1.54) is 31.3 Å². The van der Waals surface area contributed by atoms with E-state index in [1.54, 1.807) is 7.11 Å². The minimum absolute atomic E-state index is 0.238. The third kappa shape index (κ3) is 0.766. The minimum Gasteiger partial charge on any atom is -0.370 e. The molecule has 4 bridgehead atoms. The minimum atomic E-state index is -0.477. The van der Waals surface area contributed by atoms with Crippen molar-refractivity contribution in [2.45, 2.75) is 58.0 Å². The highest BCUT2D eigenvalue weighted by molar-refractivity contribution is 5.98. The summed E-state index contributed by atoms with van der Waals surface area (Å²) in [5.41, 5.74) is 1.27. The van der Waals surface area contributed by atoms with Crippen LogP contribution in [0.2, 0.25) is 0 Å². The molecule has 5 aliphatic carbocycles. The van der Waals surface area contributed by atoms with E-state index in [1.807, 2.05) is 0 Å². The molecule has 0 aromatic rings. The second kappa shape index (κ2) is 2.77. The van der Waals surface area contributed by atoms with Gasteiger partial charge in [0.2, 0.25) is 0 Å². The number of rotatable bonds is 1. The number of ketones is 1. The lowest BCUT2D eigenvalue weighted by Gasteiger charge is -2.64. The van der Waals surface area contributed by atoms with Crippen molar-refractivity contribution in [1.29, 1.82) is 0 Å². The maximum absolute atomic E-state index is 13.0. The highest BCUT2D eigenvalue weighted by Gasteiger charge is 2.79. The monoisotopic (exact) mass is 246 g/mol. The molecule has 4 saturated carbocycles. The molecule has 4 fully saturated rings. The highest BCUT2D eigenvalue weighted by Crippen LogP contribution is 2.80. The molecule has 0 heterocycles. The van der Waals surface area contributed by atoms with Crippen LogP contribution in [0, 0.1) is 16.2 Å². The summed E-state index contributed by atoms with van der Waals surface area (Å²) in [5.74, 6) is 0.373. The lowest BCUT2D eigenvalue weighted by Crippen LogP contribution is -2.68. The molecule has 18 heavy (non-hydrogen) atoms. The summed E-state index contributed by atoms with van der Waals surface area (Å²) >= 11 is 0. The molecule has 98 valence electrons. The Bertz CT molecular complexity index is 493. The fraction of sp³-hybridized carbons (Fsp3) is 0.812. The van der Waals surface area contributed by atoms with Crippen LogP contribution >= 0.6 is 0 Å². The maximum atomic E-state index is 13.0. The molecule has 0 amide bonds. The van der Waals surface area contributed by atoms with Gasteiger partial charge in [-0.15, -0.1) is 0 Å². The van der Waals surface area contributed by atoms with E-state index in [-0.39, 0.29) is 16.2 Å². The Kier molecular flexibility index (Phi) is 1.73. The van der Waals surface area contributed by atoms with Crippen molar-refractivity contribution in [3.8, 4) is 0 Å². The van der Waals surface area contributed by atoms with Crippen molar-refractivity contribution >= 4 is 5.78 Å². The summed E-state index contributed by atoms with van der Waals surface area (Å²) in [4.78, 5) is 13.0. The Morgan fingerprint density at radius 2 is 2.00 bits per heavy atom. The summed E-state index contributed by atoms with van der Waals surface area (Å²) in [5, 5.41) is 0. The number of Topliss-reactive ketones (excluding diaryl/α,β-unsaturated/α-hetero) is 1. The van der Waals surface area contributed by atoms with Gasteiger partial charge in [-0.25, -0.2) is 0 Å². The van der Waals surface area contributed by atoms with Crippen LogP contribution in [-0.2, 0) is 9.53 Å². The topological polar surface area (TPSA) is 26.3 Å². The Morgan fingerprint density at radius 3 is 2.72 bits per heavy atom. The quantitative estimate of drug-likeness (QED) is 0.664. The summed E-state index contributed by atoms with van der Waals surface area (Å²) in [6.45, 7) is 4.45. The standard InChI is InChI=1S/C16H22O2/c1-11-9-13(2)12(17)15(18-3)7-8-16(13)6-4-5-14(11,16)10-15/h9H,4-8,10H2,1-3H3/t13-,14-,15-,16+/m0/s1. The SMILES string of the molecule is CO[C@@]12CC[C@@]34CCC[C@]3(C1)C(C)=C[C@@]4(C)C2=O. The number of allylic oxidation sites excluding steroid dienone is 2. The number of carbonyl (C=O) groups excluding carboxylic acids is 1. The second-order valence-corrected chi connectivity index (χ2v) is 7.25. The average molecular weight is 246 g/mol. The van der Waals surface area contributed by atoms with Gasteiger partial charge in [-0.1, -0.05) is 18.1 Å². The van der Waals surface area contributed by atoms with E-state index >= 15 is 0 Å². The number of carbonyl (C=O) groups is 1. The number of methoxy groups -OCH3 is 1. The molecule has 0 aromatic heterocycles. The van der Waals surface area contributed by atoms with Gasteiger partial charge in [0.1, 0.15) is 5.60 Å². The molecule has 5 aliphatic rings. The Hall–Kier alpha value is -0.630. The lowest BCUT2D eigenvalue weighted by atomic mass is 9.40. The molecule has 0 unspecified atom stereocenters. The van der Waals surface area contributed by atoms with Crippen LogP contribution in [0.4, 0.5) is 0 Å². The maximum Gasteiger partial charge on any atom is 0.174 e. The van der Waals surface area contributed by atoms with E-state index in [4.69, 9.17) is 4.74 Å². The van der Waals surface area contributed by atoms with Crippen molar-refractivity contribution in [2.75, 3.05) is 7.11 Å². The molecule has 0 aromatic carbocycles. The van der Waals surface area contributed by atoms with Crippen LogP contribution in [0.3, 0.4) is 0 Å². The first-order valence-electron chi connectivity index (χ1n) is 7.27. The van der Waals surface area contributed by atoms with Gasteiger partial charge in [0.05, 0.1) is 5.41 Å². The summed E-state index contributed by atoms with van der Waals surface area (Å²) in [7, 11) is 1.74. The van der Waals surface area contributed by atoms with Crippen LogP contribution in [0.15, 0.2) is 11.6 Å². The molecule has 0 aliphatic heterocycles. The van der Waals surface area contributed by atoms with Gasteiger partial charge in [-0.2, -0.15) is 0 Å². The van der Waals surface area contributed by atoms with Gasteiger partial charge in [0, 0.05) is 12.5 Å². The van der Waals surface area contributed by atoms with E-state index in [0.717, 1.165) is 12.8 Å². The number of hydrogen-bond acceptors (Lipinski definition) is 2. The third-order valence-electron chi connectivity index (χ3n) is 7.20. The average Bonchev–Trinajstić information content (AvgIpc) is 2.82. The number of ether oxygens (including phenoxy) is 1. The van der Waals surface area contributed by atoms with Gasteiger partial charge in [0.25, 0.3) is 0 Å². The van der Waals surface area contributed by atoms with Crippen molar-refractivity contribution in [2.24, 2.45) is 16.2 Å². The van der Waals surface area contributed by atoms with Crippen LogP contribution < -0.4 is 0 Å². The van der Waals surface area contributed by atoms with E-state index in [9.17, 15) is 4.79 Å².